The normalized spacial score (nSPS) is 11.3. The molecule has 6 nitrogen and oxygen atoms in total. The van der Waals surface area contributed by atoms with Gasteiger partial charge < -0.3 is 10.5 Å². The Kier molecular flexibility index (Phi) is 3.51. The molecule has 1 aromatic rings. The van der Waals surface area contributed by atoms with E-state index in [4.69, 9.17) is 15.6 Å². The number of nitrogen functional groups attached to an aromatic ring is 1. The van der Waals surface area contributed by atoms with Gasteiger partial charge in [0, 0.05) is 17.8 Å². The fourth-order valence-corrected chi connectivity index (χ4v) is 1.47. The zero-order valence-corrected chi connectivity index (χ0v) is 9.04. The van der Waals surface area contributed by atoms with Gasteiger partial charge in [0.1, 0.15) is 5.75 Å². The highest BCUT2D eigenvalue weighted by Gasteiger charge is 2.06. The molecule has 1 rings (SSSR count). The Morgan fingerprint density at radius 3 is 2.67 bits per heavy atom. The number of rotatable bonds is 4. The molecule has 0 saturated carbocycles. The van der Waals surface area contributed by atoms with Crippen LogP contribution < -0.4 is 20.3 Å². The van der Waals surface area contributed by atoms with Crippen molar-refractivity contribution in [1.29, 1.82) is 0 Å². The Labute approximate surface area is 88.4 Å². The van der Waals surface area contributed by atoms with Gasteiger partial charge in [0.2, 0.25) is 0 Å². The number of nitrogens with one attached hydrogen (secondary N) is 1. The summed E-state index contributed by atoms with van der Waals surface area (Å²) >= 11 is 0. The van der Waals surface area contributed by atoms with Gasteiger partial charge in [0.05, 0.1) is 7.11 Å². The quantitative estimate of drug-likeness (QED) is 0.611. The van der Waals surface area contributed by atoms with Crippen molar-refractivity contribution in [2.75, 3.05) is 12.8 Å². The first-order valence-electron chi connectivity index (χ1n) is 4.12. The second-order valence-corrected chi connectivity index (χ2v) is 4.32. The fourth-order valence-electron chi connectivity index (χ4n) is 1.12. The first-order chi connectivity index (χ1) is 6.92. The Morgan fingerprint density at radius 1 is 1.47 bits per heavy atom. The molecule has 5 N–H and O–H groups in total. The van der Waals surface area contributed by atoms with Gasteiger partial charge in [-0.3, -0.25) is 0 Å². The molecule has 0 aromatic heterocycles. The van der Waals surface area contributed by atoms with Crippen LogP contribution in [0.2, 0.25) is 0 Å². The summed E-state index contributed by atoms with van der Waals surface area (Å²) in [5.74, 6) is 0.556. The highest BCUT2D eigenvalue weighted by atomic mass is 32.2. The number of hydrogen-bond donors (Lipinski definition) is 3. The number of hydrogen-bond acceptors (Lipinski definition) is 4. The maximum absolute atomic E-state index is 10.7. The molecule has 0 saturated heterocycles. The van der Waals surface area contributed by atoms with E-state index in [9.17, 15) is 8.42 Å². The van der Waals surface area contributed by atoms with Crippen molar-refractivity contribution in [3.8, 4) is 5.75 Å². The van der Waals surface area contributed by atoms with Crippen LogP contribution in [0.3, 0.4) is 0 Å². The van der Waals surface area contributed by atoms with Crippen molar-refractivity contribution in [2.24, 2.45) is 5.14 Å². The Hall–Kier alpha value is -1.31. The second kappa shape index (κ2) is 4.47. The predicted molar refractivity (Wildman–Crippen MR) is 57.4 cm³/mol. The standard InChI is InChI=1S/C8H13N3O3S/c1-14-8-3-2-7(9)4-6(8)5-11-15(10,12)13/h2-4,11H,5,9H2,1H3,(H2,10,12,13). The van der Waals surface area contributed by atoms with Gasteiger partial charge in [-0.2, -0.15) is 13.1 Å². The van der Waals surface area contributed by atoms with Gasteiger partial charge in [-0.25, -0.2) is 5.14 Å². The summed E-state index contributed by atoms with van der Waals surface area (Å²) in [7, 11) is -2.21. The number of anilines is 1. The van der Waals surface area contributed by atoms with E-state index in [2.05, 4.69) is 4.72 Å². The second-order valence-electron chi connectivity index (χ2n) is 2.94. The van der Waals surface area contributed by atoms with Gasteiger partial charge in [-0.1, -0.05) is 0 Å². The molecule has 7 heteroatoms. The molecule has 0 fully saturated rings. The van der Waals surface area contributed by atoms with Gasteiger partial charge in [-0.15, -0.1) is 0 Å². The van der Waals surface area contributed by atoms with Crippen LogP contribution >= 0.6 is 0 Å². The van der Waals surface area contributed by atoms with E-state index < -0.39 is 10.2 Å². The molecule has 0 aliphatic heterocycles. The fraction of sp³-hybridized carbons (Fsp3) is 0.250. The summed E-state index contributed by atoms with van der Waals surface area (Å²) in [6.45, 7) is 0.0487. The van der Waals surface area contributed by atoms with E-state index in [0.717, 1.165) is 0 Å². The Balaban J connectivity index is 2.88. The number of ether oxygens (including phenoxy) is 1. The first kappa shape index (κ1) is 11.8. The van der Waals surface area contributed by atoms with Crippen LogP contribution in [-0.2, 0) is 16.8 Å². The smallest absolute Gasteiger partial charge is 0.274 e. The van der Waals surface area contributed by atoms with Gasteiger partial charge in [0.15, 0.2) is 0 Å². The third-order valence-corrected chi connectivity index (χ3v) is 2.31. The molecule has 0 radical (unpaired) electrons. The molecule has 0 spiro atoms. The minimum absolute atomic E-state index is 0.0487. The summed E-state index contributed by atoms with van der Waals surface area (Å²) in [5, 5.41) is 4.80. The summed E-state index contributed by atoms with van der Waals surface area (Å²) in [4.78, 5) is 0. The van der Waals surface area contributed by atoms with Crippen LogP contribution in [0.15, 0.2) is 18.2 Å². The number of benzene rings is 1. The molecular formula is C8H13N3O3S. The Bertz CT molecular complexity index is 444. The largest absolute Gasteiger partial charge is 0.496 e. The van der Waals surface area contributed by atoms with E-state index in [1.54, 1.807) is 18.2 Å². The van der Waals surface area contributed by atoms with E-state index >= 15 is 0 Å². The minimum atomic E-state index is -3.71. The van der Waals surface area contributed by atoms with Gasteiger partial charge in [-0.05, 0) is 18.2 Å². The molecule has 84 valence electrons. The third-order valence-electron chi connectivity index (χ3n) is 1.77. The molecule has 0 bridgehead atoms. The van der Waals surface area contributed by atoms with Crippen LogP contribution in [0.5, 0.6) is 5.75 Å². The van der Waals surface area contributed by atoms with Crippen molar-refractivity contribution in [1.82, 2.24) is 4.72 Å². The number of methoxy groups -OCH3 is 1. The SMILES string of the molecule is COc1ccc(N)cc1CNS(N)(=O)=O. The number of nitrogens with two attached hydrogens (primary N) is 2. The molecule has 0 heterocycles. The topological polar surface area (TPSA) is 107 Å². The highest BCUT2D eigenvalue weighted by molar-refractivity contribution is 7.87. The van der Waals surface area contributed by atoms with Crippen LogP contribution in [0.4, 0.5) is 5.69 Å². The van der Waals surface area contributed by atoms with Gasteiger partial charge >= 0.3 is 0 Å². The first-order valence-corrected chi connectivity index (χ1v) is 5.67. The van der Waals surface area contributed by atoms with Crippen molar-refractivity contribution < 1.29 is 13.2 Å². The van der Waals surface area contributed by atoms with Crippen molar-refractivity contribution in [3.63, 3.8) is 0 Å². The van der Waals surface area contributed by atoms with Crippen molar-refractivity contribution in [3.05, 3.63) is 23.8 Å². The highest BCUT2D eigenvalue weighted by Crippen LogP contribution is 2.20. The van der Waals surface area contributed by atoms with E-state index in [-0.39, 0.29) is 6.54 Å². The van der Waals surface area contributed by atoms with E-state index in [0.29, 0.717) is 17.0 Å². The molecule has 15 heavy (non-hydrogen) atoms. The molecule has 1 aromatic carbocycles. The lowest BCUT2D eigenvalue weighted by atomic mass is 10.2. The van der Waals surface area contributed by atoms with E-state index in [1.165, 1.54) is 7.11 Å². The zero-order chi connectivity index (χ0) is 11.5. The van der Waals surface area contributed by atoms with Crippen LogP contribution in [0, 0.1) is 0 Å². The van der Waals surface area contributed by atoms with Crippen LogP contribution in [0.25, 0.3) is 0 Å². The van der Waals surface area contributed by atoms with Crippen molar-refractivity contribution in [2.45, 2.75) is 6.54 Å². The minimum Gasteiger partial charge on any atom is -0.496 e. The summed E-state index contributed by atoms with van der Waals surface area (Å²) in [6.07, 6.45) is 0. The maximum atomic E-state index is 10.7. The predicted octanol–water partition coefficient (Wildman–Crippen LogP) is -0.429. The molecule has 0 aliphatic rings. The summed E-state index contributed by atoms with van der Waals surface area (Å²) < 4.78 is 28.6. The monoisotopic (exact) mass is 231 g/mol. The molecule has 0 amide bonds. The lowest BCUT2D eigenvalue weighted by molar-refractivity contribution is 0.409. The van der Waals surface area contributed by atoms with Crippen LogP contribution in [-0.4, -0.2) is 15.5 Å². The summed E-state index contributed by atoms with van der Waals surface area (Å²) in [6, 6.07) is 4.95. The molecule has 0 atom stereocenters. The van der Waals surface area contributed by atoms with Gasteiger partial charge in [0.25, 0.3) is 10.2 Å². The summed E-state index contributed by atoms with van der Waals surface area (Å²) in [5.41, 5.74) is 6.72. The Morgan fingerprint density at radius 2 is 2.13 bits per heavy atom. The lowest BCUT2D eigenvalue weighted by Crippen LogP contribution is -2.30. The maximum Gasteiger partial charge on any atom is 0.274 e. The molecule has 0 unspecified atom stereocenters. The third kappa shape index (κ3) is 3.74. The average Bonchev–Trinajstić information content (AvgIpc) is 2.14. The molecule has 0 aliphatic carbocycles. The van der Waals surface area contributed by atoms with Crippen molar-refractivity contribution >= 4 is 15.9 Å². The zero-order valence-electron chi connectivity index (χ0n) is 8.23. The lowest BCUT2D eigenvalue weighted by Gasteiger charge is -2.09. The molecular weight excluding hydrogens is 218 g/mol. The average molecular weight is 231 g/mol. The van der Waals surface area contributed by atoms with E-state index in [1.807, 2.05) is 0 Å². The van der Waals surface area contributed by atoms with Crippen LogP contribution in [0.1, 0.15) is 5.56 Å².